The molecule has 1 aliphatic heterocycles. The minimum atomic E-state index is 0.0288. The van der Waals surface area contributed by atoms with Gasteiger partial charge in [0.1, 0.15) is 11.3 Å². The predicted molar refractivity (Wildman–Crippen MR) is 131 cm³/mol. The van der Waals surface area contributed by atoms with E-state index >= 15 is 0 Å². The second kappa shape index (κ2) is 10.3. The summed E-state index contributed by atoms with van der Waals surface area (Å²) in [7, 11) is 0. The molecule has 0 saturated carbocycles. The zero-order valence-electron chi connectivity index (χ0n) is 18.3. The summed E-state index contributed by atoms with van der Waals surface area (Å²) in [5.41, 5.74) is 3.13. The van der Waals surface area contributed by atoms with Crippen LogP contribution in [0, 0.1) is 6.92 Å². The Bertz CT molecular complexity index is 980. The van der Waals surface area contributed by atoms with Gasteiger partial charge in [0, 0.05) is 37.3 Å². The summed E-state index contributed by atoms with van der Waals surface area (Å²) in [5.74, 6) is 0.932. The van der Waals surface area contributed by atoms with Gasteiger partial charge in [-0.3, -0.25) is 4.90 Å². The minimum Gasteiger partial charge on any atom is -0.459 e. The molecule has 4 rings (SSSR count). The maximum absolute atomic E-state index is 6.18. The lowest BCUT2D eigenvalue weighted by molar-refractivity contribution is 0.0365. The van der Waals surface area contributed by atoms with Gasteiger partial charge in [-0.15, -0.1) is 0 Å². The van der Waals surface area contributed by atoms with Crippen molar-refractivity contribution in [3.05, 3.63) is 65.9 Å². The van der Waals surface area contributed by atoms with E-state index in [0.29, 0.717) is 0 Å². The largest absolute Gasteiger partial charge is 0.459 e. The monoisotopic (exact) mass is 437 g/mol. The maximum Gasteiger partial charge on any atom is 0.174 e. The third-order valence-electron chi connectivity index (χ3n) is 5.95. The molecule has 0 radical (unpaired) electrons. The molecule has 5 nitrogen and oxygen atoms in total. The van der Waals surface area contributed by atoms with Gasteiger partial charge in [-0.2, -0.15) is 0 Å². The van der Waals surface area contributed by atoms with Gasteiger partial charge in [-0.05, 0) is 56.2 Å². The normalized spacial score (nSPS) is 15.7. The van der Waals surface area contributed by atoms with Crippen LogP contribution in [0.25, 0.3) is 11.0 Å². The molecule has 1 atom stereocenters. The van der Waals surface area contributed by atoms with Gasteiger partial charge in [0.15, 0.2) is 5.11 Å². The van der Waals surface area contributed by atoms with Gasteiger partial charge in [-0.1, -0.05) is 36.4 Å². The van der Waals surface area contributed by atoms with Crippen molar-refractivity contribution in [3.8, 4) is 0 Å². The van der Waals surface area contributed by atoms with Crippen molar-refractivity contribution in [3.63, 3.8) is 0 Å². The molecule has 0 bridgehead atoms. The number of fused-ring (bicyclic) bond motifs is 1. The Morgan fingerprint density at radius 1 is 1.13 bits per heavy atom. The van der Waals surface area contributed by atoms with Crippen molar-refractivity contribution >= 4 is 34.0 Å². The molecule has 0 spiro atoms. The summed E-state index contributed by atoms with van der Waals surface area (Å²) in [6.07, 6.45) is 1.03. The quantitative estimate of drug-likeness (QED) is 0.511. The van der Waals surface area contributed by atoms with Crippen LogP contribution in [-0.2, 0) is 4.74 Å². The zero-order chi connectivity index (χ0) is 21.6. The number of nitrogens with zero attached hydrogens (tertiary/aromatic N) is 2. The first-order valence-electron chi connectivity index (χ1n) is 11.0. The third-order valence-corrected chi connectivity index (χ3v) is 6.29. The molecule has 3 aromatic rings. The fourth-order valence-corrected chi connectivity index (χ4v) is 4.38. The number of rotatable bonds is 7. The van der Waals surface area contributed by atoms with Crippen LogP contribution in [0.15, 0.2) is 59.0 Å². The number of benzene rings is 2. The molecule has 31 heavy (non-hydrogen) atoms. The Morgan fingerprint density at radius 2 is 1.87 bits per heavy atom. The maximum atomic E-state index is 6.18. The number of thiocarbonyl (C=S) groups is 1. The predicted octanol–water partition coefficient (Wildman–Crippen LogP) is 5.22. The first kappa shape index (κ1) is 21.8. The lowest BCUT2D eigenvalue weighted by atomic mass is 10.1. The number of morpholine rings is 1. The Kier molecular flexibility index (Phi) is 7.22. The Balaban J connectivity index is 1.50. The molecular formula is C25H31N3O2S. The smallest absolute Gasteiger partial charge is 0.174 e. The SMILES string of the molecule is Cc1ccccc1NC(=S)N(CCCN1CCOCC1)[C@@H](C)c1cc2ccccc2o1. The van der Waals surface area contributed by atoms with Gasteiger partial charge in [-0.25, -0.2) is 0 Å². The molecule has 2 heterocycles. The average Bonchev–Trinajstić information content (AvgIpc) is 3.23. The summed E-state index contributed by atoms with van der Waals surface area (Å²) in [6, 6.07) is 18.5. The van der Waals surface area contributed by atoms with Crippen LogP contribution in [0.3, 0.4) is 0 Å². The molecular weight excluding hydrogens is 406 g/mol. The highest BCUT2D eigenvalue weighted by Crippen LogP contribution is 2.28. The Labute approximate surface area is 190 Å². The van der Waals surface area contributed by atoms with Gasteiger partial charge in [0.05, 0.1) is 19.3 Å². The van der Waals surface area contributed by atoms with E-state index in [4.69, 9.17) is 21.4 Å². The highest BCUT2D eigenvalue weighted by molar-refractivity contribution is 7.80. The van der Waals surface area contributed by atoms with E-state index in [1.165, 1.54) is 5.56 Å². The molecule has 0 aliphatic carbocycles. The lowest BCUT2D eigenvalue weighted by Crippen LogP contribution is -2.41. The van der Waals surface area contributed by atoms with E-state index in [1.54, 1.807) is 0 Å². The first-order chi connectivity index (χ1) is 15.1. The standard InChI is InChI=1S/C25H31N3O2S/c1-19-8-3-5-10-22(19)26-25(31)28(13-7-12-27-14-16-29-17-15-27)20(2)24-18-21-9-4-6-11-23(21)30-24/h3-6,8-11,18,20H,7,12-17H2,1-2H3,(H,26,31)/t20-/m0/s1. The molecule has 164 valence electrons. The van der Waals surface area contributed by atoms with Crippen LogP contribution in [-0.4, -0.2) is 54.3 Å². The molecule has 1 saturated heterocycles. The zero-order valence-corrected chi connectivity index (χ0v) is 19.2. The average molecular weight is 438 g/mol. The third kappa shape index (κ3) is 5.45. The van der Waals surface area contributed by atoms with Crippen molar-refractivity contribution in [1.82, 2.24) is 9.80 Å². The highest BCUT2D eigenvalue weighted by atomic mass is 32.1. The fraction of sp³-hybridized carbons (Fsp3) is 0.400. The molecule has 0 unspecified atom stereocenters. The number of para-hydroxylation sites is 2. The van der Waals surface area contributed by atoms with E-state index in [9.17, 15) is 0 Å². The number of furan rings is 1. The van der Waals surface area contributed by atoms with Crippen molar-refractivity contribution in [2.45, 2.75) is 26.3 Å². The molecule has 6 heteroatoms. The molecule has 1 aromatic heterocycles. The molecule has 1 fully saturated rings. The second-order valence-electron chi connectivity index (χ2n) is 8.11. The molecule has 1 aliphatic rings. The summed E-state index contributed by atoms with van der Waals surface area (Å²) < 4.78 is 11.6. The summed E-state index contributed by atoms with van der Waals surface area (Å²) in [4.78, 5) is 4.71. The topological polar surface area (TPSA) is 40.9 Å². The molecule has 1 N–H and O–H groups in total. The second-order valence-corrected chi connectivity index (χ2v) is 8.50. The van der Waals surface area contributed by atoms with Crippen LogP contribution >= 0.6 is 12.2 Å². The van der Waals surface area contributed by atoms with E-state index in [1.807, 2.05) is 30.3 Å². The highest BCUT2D eigenvalue weighted by Gasteiger charge is 2.23. The number of anilines is 1. The van der Waals surface area contributed by atoms with Crippen LogP contribution < -0.4 is 5.32 Å². The number of ether oxygens (including phenoxy) is 1. The van der Waals surface area contributed by atoms with Crippen LogP contribution in [0.1, 0.15) is 30.7 Å². The van der Waals surface area contributed by atoms with E-state index in [-0.39, 0.29) is 6.04 Å². The van der Waals surface area contributed by atoms with Crippen LogP contribution in [0.5, 0.6) is 0 Å². The van der Waals surface area contributed by atoms with Crippen molar-refractivity contribution < 1.29 is 9.15 Å². The van der Waals surface area contributed by atoms with Crippen LogP contribution in [0.2, 0.25) is 0 Å². The van der Waals surface area contributed by atoms with Gasteiger partial charge in [0.25, 0.3) is 0 Å². The van der Waals surface area contributed by atoms with Crippen molar-refractivity contribution in [2.24, 2.45) is 0 Å². The molecule has 2 aromatic carbocycles. The summed E-state index contributed by atoms with van der Waals surface area (Å²) >= 11 is 5.88. The van der Waals surface area contributed by atoms with Gasteiger partial charge < -0.3 is 19.4 Å². The van der Waals surface area contributed by atoms with Gasteiger partial charge >= 0.3 is 0 Å². The summed E-state index contributed by atoms with van der Waals surface area (Å²) in [5, 5.41) is 5.31. The van der Waals surface area contributed by atoms with Crippen molar-refractivity contribution in [1.29, 1.82) is 0 Å². The van der Waals surface area contributed by atoms with Crippen LogP contribution in [0.4, 0.5) is 5.69 Å². The minimum absolute atomic E-state index is 0.0288. The van der Waals surface area contributed by atoms with E-state index in [2.05, 4.69) is 53.2 Å². The van der Waals surface area contributed by atoms with E-state index < -0.39 is 0 Å². The summed E-state index contributed by atoms with van der Waals surface area (Å²) in [6.45, 7) is 9.82. The fourth-order valence-electron chi connectivity index (χ4n) is 4.02. The Hall–Kier alpha value is -2.41. The number of hydrogen-bond acceptors (Lipinski definition) is 4. The lowest BCUT2D eigenvalue weighted by Gasteiger charge is -2.32. The number of hydrogen-bond donors (Lipinski definition) is 1. The number of aryl methyl sites for hydroxylation is 1. The van der Waals surface area contributed by atoms with E-state index in [0.717, 1.165) is 73.3 Å². The first-order valence-corrected chi connectivity index (χ1v) is 11.4. The van der Waals surface area contributed by atoms with Crippen molar-refractivity contribution in [2.75, 3.05) is 44.7 Å². The number of nitrogens with one attached hydrogen (secondary N) is 1. The van der Waals surface area contributed by atoms with Gasteiger partial charge in [0.2, 0.25) is 0 Å². The molecule has 0 amide bonds. The Morgan fingerprint density at radius 3 is 2.65 bits per heavy atom.